The van der Waals surface area contributed by atoms with E-state index in [9.17, 15) is 9.18 Å². The Labute approximate surface area is 143 Å². The monoisotopic (exact) mass is 333 g/mol. The van der Waals surface area contributed by atoms with Crippen LogP contribution in [0, 0.1) is 11.7 Å². The Bertz CT molecular complexity index is 542. The highest BCUT2D eigenvalue weighted by atomic mass is 19.1. The topological polar surface area (TPSA) is 44.4 Å². The van der Waals surface area contributed by atoms with Crippen LogP contribution in [0.4, 0.5) is 4.39 Å². The molecule has 0 aromatic heterocycles. The molecular formula is C19H28FN3O. The third-order valence-corrected chi connectivity index (χ3v) is 5.40. The SMILES string of the molecule is C[C@@H]1CNCCN1CC(=O)NC(c1ccc(F)cc1)C1CCCC1. The van der Waals surface area contributed by atoms with E-state index in [0.717, 1.165) is 38.0 Å². The van der Waals surface area contributed by atoms with E-state index in [1.54, 1.807) is 0 Å². The van der Waals surface area contributed by atoms with Crippen molar-refractivity contribution in [2.24, 2.45) is 5.92 Å². The first-order chi connectivity index (χ1) is 11.6. The summed E-state index contributed by atoms with van der Waals surface area (Å²) in [6.07, 6.45) is 4.69. The highest BCUT2D eigenvalue weighted by Gasteiger charge is 2.29. The van der Waals surface area contributed by atoms with Crippen LogP contribution in [0.1, 0.15) is 44.2 Å². The number of hydrogen-bond donors (Lipinski definition) is 2. The molecule has 1 unspecified atom stereocenters. The van der Waals surface area contributed by atoms with Gasteiger partial charge in [-0.3, -0.25) is 9.69 Å². The van der Waals surface area contributed by atoms with Gasteiger partial charge in [-0.2, -0.15) is 0 Å². The Morgan fingerprint density at radius 3 is 2.71 bits per heavy atom. The third-order valence-electron chi connectivity index (χ3n) is 5.40. The molecule has 1 aromatic rings. The van der Waals surface area contributed by atoms with Crippen molar-refractivity contribution in [3.05, 3.63) is 35.6 Å². The molecule has 2 fully saturated rings. The summed E-state index contributed by atoms with van der Waals surface area (Å²) in [5.74, 6) is 0.301. The second kappa shape index (κ2) is 8.08. The number of rotatable bonds is 5. The zero-order chi connectivity index (χ0) is 16.9. The van der Waals surface area contributed by atoms with Crippen LogP contribution in [0.3, 0.4) is 0 Å². The van der Waals surface area contributed by atoms with Crippen molar-refractivity contribution in [1.82, 2.24) is 15.5 Å². The fourth-order valence-electron chi connectivity index (χ4n) is 3.96. The molecule has 1 aliphatic carbocycles. The maximum absolute atomic E-state index is 13.2. The van der Waals surface area contributed by atoms with Crippen LogP contribution in [0.2, 0.25) is 0 Å². The Kier molecular flexibility index (Phi) is 5.85. The number of carbonyl (C=O) groups excluding carboxylic acids is 1. The van der Waals surface area contributed by atoms with Crippen LogP contribution in [-0.2, 0) is 4.79 Å². The number of carbonyl (C=O) groups is 1. The van der Waals surface area contributed by atoms with Crippen molar-refractivity contribution in [2.75, 3.05) is 26.2 Å². The van der Waals surface area contributed by atoms with Crippen molar-refractivity contribution in [3.8, 4) is 0 Å². The lowest BCUT2D eigenvalue weighted by Crippen LogP contribution is -2.53. The third kappa shape index (κ3) is 4.33. The summed E-state index contributed by atoms with van der Waals surface area (Å²) in [5, 5.41) is 6.58. The van der Waals surface area contributed by atoms with E-state index in [2.05, 4.69) is 22.5 Å². The molecule has 2 atom stereocenters. The zero-order valence-corrected chi connectivity index (χ0v) is 14.4. The van der Waals surface area contributed by atoms with E-state index in [4.69, 9.17) is 0 Å². The lowest BCUT2D eigenvalue weighted by atomic mass is 9.91. The Morgan fingerprint density at radius 1 is 1.33 bits per heavy atom. The fraction of sp³-hybridized carbons (Fsp3) is 0.632. The molecule has 3 rings (SSSR count). The predicted octanol–water partition coefficient (Wildman–Crippen LogP) is 2.47. The fourth-order valence-corrected chi connectivity index (χ4v) is 3.96. The highest BCUT2D eigenvalue weighted by Crippen LogP contribution is 2.35. The second-order valence-electron chi connectivity index (χ2n) is 7.16. The molecular weight excluding hydrogens is 305 g/mol. The van der Waals surface area contributed by atoms with Crippen molar-refractivity contribution in [2.45, 2.75) is 44.7 Å². The normalized spacial score (nSPS) is 24.0. The van der Waals surface area contributed by atoms with Crippen molar-refractivity contribution in [1.29, 1.82) is 0 Å². The minimum Gasteiger partial charge on any atom is -0.348 e. The molecule has 2 N–H and O–H groups in total. The molecule has 132 valence electrons. The van der Waals surface area contributed by atoms with E-state index >= 15 is 0 Å². The minimum absolute atomic E-state index is 0.00109. The van der Waals surface area contributed by atoms with Crippen LogP contribution in [0.5, 0.6) is 0 Å². The predicted molar refractivity (Wildman–Crippen MR) is 93.1 cm³/mol. The van der Waals surface area contributed by atoms with E-state index in [1.165, 1.54) is 25.0 Å². The van der Waals surface area contributed by atoms with Gasteiger partial charge in [-0.15, -0.1) is 0 Å². The van der Waals surface area contributed by atoms with Crippen LogP contribution in [-0.4, -0.2) is 43.0 Å². The molecule has 1 saturated carbocycles. The first-order valence-electron chi connectivity index (χ1n) is 9.13. The largest absolute Gasteiger partial charge is 0.348 e. The van der Waals surface area contributed by atoms with Gasteiger partial charge in [0.2, 0.25) is 5.91 Å². The van der Waals surface area contributed by atoms with Crippen molar-refractivity contribution in [3.63, 3.8) is 0 Å². The molecule has 0 bridgehead atoms. The number of hydrogen-bond acceptors (Lipinski definition) is 3. The number of amides is 1. The lowest BCUT2D eigenvalue weighted by molar-refractivity contribution is -0.124. The Balaban J connectivity index is 1.66. The first kappa shape index (κ1) is 17.4. The zero-order valence-electron chi connectivity index (χ0n) is 14.4. The molecule has 1 amide bonds. The van der Waals surface area contributed by atoms with Crippen LogP contribution in [0.15, 0.2) is 24.3 Å². The molecule has 1 heterocycles. The van der Waals surface area contributed by atoms with Gasteiger partial charge in [0.1, 0.15) is 5.82 Å². The minimum atomic E-state index is -0.232. The van der Waals surface area contributed by atoms with Gasteiger partial charge >= 0.3 is 0 Å². The summed E-state index contributed by atoms with van der Waals surface area (Å²) in [5.41, 5.74) is 1.02. The van der Waals surface area contributed by atoms with Gasteiger partial charge in [0.05, 0.1) is 12.6 Å². The summed E-state index contributed by atoms with van der Waals surface area (Å²) in [6.45, 7) is 5.35. The number of nitrogens with one attached hydrogen (secondary N) is 2. The standard InChI is InChI=1S/C19H28FN3O/c1-14-12-21-10-11-23(14)13-18(24)22-19(15-4-2-3-5-15)16-6-8-17(20)9-7-16/h6-9,14-15,19,21H,2-5,10-13H2,1H3,(H,22,24)/t14-,19?/m1/s1. The van der Waals surface area contributed by atoms with Gasteiger partial charge in [-0.05, 0) is 43.4 Å². The quantitative estimate of drug-likeness (QED) is 0.870. The summed E-state index contributed by atoms with van der Waals surface area (Å²) in [4.78, 5) is 14.8. The molecule has 4 nitrogen and oxygen atoms in total. The number of benzene rings is 1. The Hall–Kier alpha value is -1.46. The van der Waals surface area contributed by atoms with Gasteiger partial charge in [-0.25, -0.2) is 4.39 Å². The molecule has 5 heteroatoms. The highest BCUT2D eigenvalue weighted by molar-refractivity contribution is 5.78. The number of halogens is 1. The smallest absolute Gasteiger partial charge is 0.234 e. The van der Waals surface area contributed by atoms with Gasteiger partial charge in [-0.1, -0.05) is 25.0 Å². The maximum atomic E-state index is 13.2. The molecule has 0 radical (unpaired) electrons. The van der Waals surface area contributed by atoms with Crippen LogP contribution < -0.4 is 10.6 Å². The molecule has 1 saturated heterocycles. The Morgan fingerprint density at radius 2 is 2.04 bits per heavy atom. The average molecular weight is 333 g/mol. The first-order valence-corrected chi connectivity index (χ1v) is 9.13. The molecule has 24 heavy (non-hydrogen) atoms. The van der Waals surface area contributed by atoms with Gasteiger partial charge < -0.3 is 10.6 Å². The summed E-state index contributed by atoms with van der Waals surface area (Å²) in [7, 11) is 0. The van der Waals surface area contributed by atoms with Gasteiger partial charge in [0.25, 0.3) is 0 Å². The van der Waals surface area contributed by atoms with Crippen molar-refractivity contribution < 1.29 is 9.18 Å². The number of piperazine rings is 1. The van der Waals surface area contributed by atoms with E-state index in [-0.39, 0.29) is 17.8 Å². The molecule has 2 aliphatic rings. The molecule has 1 aromatic carbocycles. The summed E-state index contributed by atoms with van der Waals surface area (Å²) >= 11 is 0. The van der Waals surface area contributed by atoms with Gasteiger partial charge in [0.15, 0.2) is 0 Å². The second-order valence-corrected chi connectivity index (χ2v) is 7.16. The van der Waals surface area contributed by atoms with Crippen LogP contribution >= 0.6 is 0 Å². The van der Waals surface area contributed by atoms with E-state index in [0.29, 0.717) is 18.5 Å². The summed E-state index contributed by atoms with van der Waals surface area (Å²) in [6, 6.07) is 6.97. The van der Waals surface area contributed by atoms with E-state index < -0.39 is 0 Å². The maximum Gasteiger partial charge on any atom is 0.234 e. The van der Waals surface area contributed by atoms with Gasteiger partial charge in [0, 0.05) is 25.7 Å². The molecule has 1 aliphatic heterocycles. The lowest BCUT2D eigenvalue weighted by Gasteiger charge is -2.34. The van der Waals surface area contributed by atoms with Crippen molar-refractivity contribution >= 4 is 5.91 Å². The summed E-state index contributed by atoms with van der Waals surface area (Å²) < 4.78 is 13.2. The van der Waals surface area contributed by atoms with Crippen LogP contribution in [0.25, 0.3) is 0 Å². The van der Waals surface area contributed by atoms with E-state index in [1.807, 2.05) is 12.1 Å². The average Bonchev–Trinajstić information content (AvgIpc) is 3.10. The number of nitrogens with zero attached hydrogens (tertiary/aromatic N) is 1. The molecule has 0 spiro atoms.